The summed E-state index contributed by atoms with van der Waals surface area (Å²) in [6, 6.07) is 14.2. The molecule has 1 radical (unpaired) electrons. The number of carboxylic acid groups (broad SMARTS) is 4. The molecule has 3 aromatic carbocycles. The van der Waals surface area contributed by atoms with Crippen LogP contribution in [0.25, 0.3) is 0 Å². The maximum absolute atomic E-state index is 15.4. The van der Waals surface area contributed by atoms with Gasteiger partial charge in [0.05, 0.1) is 62.3 Å². The number of hydrogen-bond acceptors (Lipinski definition) is 23. The number of phenols is 1. The number of benzene rings is 3. The molecule has 559 valence electrons. The number of Topliss-reactive ketones (excluding diaryl/α,β-unsaturated/α-hetero) is 3. The molecule has 15 N–H and O–H groups in total. The van der Waals surface area contributed by atoms with Crippen molar-refractivity contribution in [1.29, 1.82) is 0 Å². The quantitative estimate of drug-likeness (QED) is 0.0266. The minimum absolute atomic E-state index is 0. The number of fused-ring (bicyclic) bond motifs is 1. The Labute approximate surface area is 604 Å². The summed E-state index contributed by atoms with van der Waals surface area (Å²) in [5.41, 5.74) is 8.58. The van der Waals surface area contributed by atoms with Crippen molar-refractivity contribution in [2.75, 3.05) is 108 Å². The summed E-state index contributed by atoms with van der Waals surface area (Å²) >= 11 is 0. The number of nitrogens with zero attached hydrogens (tertiary/aromatic N) is 4. The normalized spacial score (nSPS) is 23.0. The minimum Gasteiger partial charge on any atom is -0.508 e. The number of carbonyl (C=O) groups excluding carboxylic acids is 8. The maximum Gasteiger partial charge on any atom is 0.328 e. The van der Waals surface area contributed by atoms with Crippen molar-refractivity contribution in [2.24, 2.45) is 23.5 Å². The van der Waals surface area contributed by atoms with Crippen molar-refractivity contribution < 1.29 is 110 Å². The van der Waals surface area contributed by atoms with Crippen LogP contribution < -0.4 is 37.6 Å². The monoisotopic (exact) mass is 1500 g/mol. The number of aliphatic hydroxyl groups excluding tert-OH is 2. The molecule has 33 heteroatoms. The van der Waals surface area contributed by atoms with Gasteiger partial charge in [0.2, 0.25) is 29.5 Å². The van der Waals surface area contributed by atoms with Crippen molar-refractivity contribution in [1.82, 2.24) is 46.2 Å². The summed E-state index contributed by atoms with van der Waals surface area (Å²) in [6.07, 6.45) is -4.61. The fourth-order valence-corrected chi connectivity index (χ4v) is 14.8. The van der Waals surface area contributed by atoms with Crippen molar-refractivity contribution in [3.05, 3.63) is 95.6 Å². The SMILES string of the molecule is C[C@@H](O)C(NC(=O)C1CSSCC(CC(=O)C(Cc2ccccc2)NC(=O)CN2CCN(CC(=O)O)CCN(CC(=O)O)CCN(CC(=O)O)CC2)C(=O)N[C@@H](Cc2ccc(O)cc2)C(=O)CC(CC2CNc3ccccc32)C(=O)N[C@@H](CCCCN)C(=O)NC([C@@H](C)O)C(=O)C1)C(=O)O.[64Cu]. The number of hydrogen-bond donors (Lipinski definition) is 14. The number of nitrogens with one attached hydrogen (secondary N) is 6. The van der Waals surface area contributed by atoms with Crippen molar-refractivity contribution in [2.45, 2.75) is 120 Å². The van der Waals surface area contributed by atoms with E-state index < -0.39 is 163 Å². The van der Waals surface area contributed by atoms with Crippen LogP contribution in [-0.4, -0.2) is 272 Å². The fourth-order valence-electron chi connectivity index (χ4n) is 12.2. The van der Waals surface area contributed by atoms with Crippen LogP contribution in [0.15, 0.2) is 78.9 Å². The van der Waals surface area contributed by atoms with E-state index in [4.69, 9.17) is 5.73 Å². The van der Waals surface area contributed by atoms with Crippen LogP contribution in [0.1, 0.15) is 81.4 Å². The van der Waals surface area contributed by atoms with Crippen molar-refractivity contribution in [3.63, 3.8) is 0 Å². The summed E-state index contributed by atoms with van der Waals surface area (Å²) in [7, 11) is 1.90. The predicted molar refractivity (Wildman–Crippen MR) is 371 cm³/mol. The number of para-hydroxylation sites is 1. The number of rotatable bonds is 27. The third-order valence-electron chi connectivity index (χ3n) is 17.8. The van der Waals surface area contributed by atoms with Gasteiger partial charge in [-0.2, -0.15) is 0 Å². The van der Waals surface area contributed by atoms with E-state index in [1.165, 1.54) is 31.2 Å². The number of ketones is 3. The number of aromatic hydroxyl groups is 1. The van der Waals surface area contributed by atoms with Gasteiger partial charge in [-0.3, -0.25) is 72.3 Å². The van der Waals surface area contributed by atoms with Gasteiger partial charge in [-0.25, -0.2) is 4.79 Å². The van der Waals surface area contributed by atoms with E-state index in [1.807, 2.05) is 24.3 Å². The predicted octanol–water partition coefficient (Wildman–Crippen LogP) is -0.230. The van der Waals surface area contributed by atoms with E-state index >= 15 is 19.2 Å². The number of aliphatic carboxylic acids is 4. The Hall–Kier alpha value is -7.56. The summed E-state index contributed by atoms with van der Waals surface area (Å²) in [5, 5.41) is 87.9. The number of anilines is 1. The molecule has 0 spiro atoms. The molecule has 0 aliphatic carbocycles. The van der Waals surface area contributed by atoms with E-state index in [-0.39, 0.29) is 138 Å². The zero-order valence-corrected chi connectivity index (χ0v) is 59.1. The zero-order valence-electron chi connectivity index (χ0n) is 56.5. The van der Waals surface area contributed by atoms with Crippen LogP contribution in [0.4, 0.5) is 5.69 Å². The van der Waals surface area contributed by atoms with E-state index in [9.17, 15) is 74.1 Å². The Balaban J connectivity index is 0.0000184. The molecule has 101 heavy (non-hydrogen) atoms. The number of unbranched alkanes of at least 4 members (excludes halogenated alkanes) is 1. The second-order valence-electron chi connectivity index (χ2n) is 25.7. The standard InChI is InChI=1S/C68H95N11O19S2.Cu/c1-41(80)62-57(85)33-48(66(95)75-63(42(2)81)68(97)98)40-100-99-39-47(32-56(84)53(28-43-10-4-3-5-11-43)71-58(86)35-76-20-22-77(36-59(87)88)24-26-79(38-61(91)92)27-25-78(23-21-76)37-60(89)90)65(94)73-54(29-44-15-17-49(82)18-16-44)55(83)31-45(30-46-34-70-51-13-7-6-12-50(46)51)64(93)72-52(67(96)74-62)14-8-9-19-69;/h3-7,10-13,15-18,41-42,45-48,52-54,62-63,70,80-82H,8-9,14,19-40,69H2,1-2H3,(H,71,86)(H,72,93)(H,73,94)(H,74,96)(H,75,95)(H,87,88)(H,89,90)(H,91,92)(H,97,98);/t41-,42-,45?,46?,47?,48?,52+,53?,54+,62?,63?;/m1./s1/i;1+0. The molecular weight excluding hydrogens is 1400 g/mol. The Morgan fingerprint density at radius 1 is 0.604 bits per heavy atom. The summed E-state index contributed by atoms with van der Waals surface area (Å²) < 4.78 is 0. The summed E-state index contributed by atoms with van der Waals surface area (Å²) in [5.74, 6) is -16.4. The Morgan fingerprint density at radius 3 is 1.70 bits per heavy atom. The molecule has 5 amide bonds. The average Bonchev–Trinajstić information content (AvgIpc) is 1.75. The van der Waals surface area contributed by atoms with Crippen molar-refractivity contribution in [3.8, 4) is 5.75 Å². The first kappa shape index (κ1) is 84.1. The van der Waals surface area contributed by atoms with Crippen LogP contribution in [0.2, 0.25) is 0 Å². The molecular formula is C68H95CuN11O19S2. The molecule has 30 nitrogen and oxygen atoms in total. The van der Waals surface area contributed by atoms with Crippen LogP contribution in [0, 0.1) is 17.8 Å². The first-order valence-corrected chi connectivity index (χ1v) is 36.0. The molecule has 3 aliphatic rings. The Kier molecular flexibility index (Phi) is 35.6. The molecule has 6 rings (SSSR count). The van der Waals surface area contributed by atoms with Crippen LogP contribution in [0.5, 0.6) is 5.75 Å². The minimum atomic E-state index is -1.85. The second-order valence-corrected chi connectivity index (χ2v) is 28.3. The van der Waals surface area contributed by atoms with Gasteiger partial charge in [-0.05, 0) is 93.8 Å². The second kappa shape index (κ2) is 42.8. The molecule has 3 heterocycles. The van der Waals surface area contributed by atoms with Crippen LogP contribution in [0.3, 0.4) is 0 Å². The zero-order chi connectivity index (χ0) is 73.0. The summed E-state index contributed by atoms with van der Waals surface area (Å²) in [4.78, 5) is 173. The molecule has 2 saturated heterocycles. The molecule has 3 aromatic rings. The number of carboxylic acids is 4. The topological polar surface area (TPSA) is 458 Å². The van der Waals surface area contributed by atoms with Gasteiger partial charge in [-0.1, -0.05) is 82.3 Å². The van der Waals surface area contributed by atoms with Gasteiger partial charge in [0, 0.05) is 124 Å². The molecule has 0 bridgehead atoms. The molecule has 2 fully saturated rings. The van der Waals surface area contributed by atoms with Gasteiger partial charge >= 0.3 is 23.9 Å². The smallest absolute Gasteiger partial charge is 0.328 e. The first-order chi connectivity index (χ1) is 47.7. The summed E-state index contributed by atoms with van der Waals surface area (Å²) in [6.45, 7) is 2.13. The van der Waals surface area contributed by atoms with Crippen molar-refractivity contribution >= 4 is 98.0 Å². The number of aliphatic hydroxyl groups is 2. The third kappa shape index (κ3) is 28.7. The van der Waals surface area contributed by atoms with Crippen LogP contribution in [-0.2, 0) is 87.4 Å². The average molecular weight is 1500 g/mol. The fraction of sp³-hybridized carbons (Fsp3) is 0.559. The molecule has 11 atom stereocenters. The first-order valence-electron chi connectivity index (χ1n) is 33.5. The van der Waals surface area contributed by atoms with E-state index in [1.54, 1.807) is 49.9 Å². The third-order valence-corrected chi connectivity index (χ3v) is 20.4. The number of phenolic OH excluding ortho intramolecular Hbond substituents is 1. The van der Waals surface area contributed by atoms with Gasteiger partial charge < -0.3 is 73.4 Å². The molecule has 0 aromatic heterocycles. The van der Waals surface area contributed by atoms with Gasteiger partial charge in [-0.15, -0.1) is 0 Å². The number of amides is 5. The van der Waals surface area contributed by atoms with E-state index in [0.29, 0.717) is 30.5 Å². The largest absolute Gasteiger partial charge is 0.508 e. The van der Waals surface area contributed by atoms with Gasteiger partial charge in [0.1, 0.15) is 17.8 Å². The molecule has 3 aliphatic heterocycles. The Morgan fingerprint density at radius 2 is 1.15 bits per heavy atom. The van der Waals surface area contributed by atoms with Gasteiger partial charge in [0.25, 0.3) is 0 Å². The molecule has 7 unspecified atom stereocenters. The number of nitrogens with two attached hydrogens (primary N) is 1. The maximum atomic E-state index is 15.4. The van der Waals surface area contributed by atoms with Gasteiger partial charge in [0.15, 0.2) is 23.4 Å². The number of carbonyl (C=O) groups is 12. The van der Waals surface area contributed by atoms with E-state index in [2.05, 4.69) is 31.9 Å². The Bertz CT molecular complexity index is 3260. The van der Waals surface area contributed by atoms with E-state index in [0.717, 1.165) is 39.8 Å². The van der Waals surface area contributed by atoms with Crippen LogP contribution >= 0.6 is 21.6 Å². The molecule has 0 saturated carbocycles.